The Morgan fingerprint density at radius 1 is 1.04 bits per heavy atom. The number of benzene rings is 2. The fourth-order valence-electron chi connectivity index (χ4n) is 4.36. The van der Waals surface area contributed by atoms with E-state index in [1.807, 2.05) is 30.3 Å². The number of ketones is 2. The number of anilines is 1. The largest absolute Gasteiger partial charge is 0.314 e. The van der Waals surface area contributed by atoms with E-state index in [0.29, 0.717) is 5.56 Å². The van der Waals surface area contributed by atoms with E-state index in [1.165, 1.54) is 0 Å². The number of amides is 1. The van der Waals surface area contributed by atoms with Crippen LogP contribution in [0.1, 0.15) is 41.1 Å². The van der Waals surface area contributed by atoms with Crippen LogP contribution in [0, 0.1) is 5.41 Å². The minimum atomic E-state index is -1.18. The maximum Gasteiger partial charge on any atom is 0.241 e. The van der Waals surface area contributed by atoms with Crippen molar-refractivity contribution in [1.29, 1.82) is 0 Å². The molecule has 0 spiro atoms. The lowest BCUT2D eigenvalue weighted by molar-refractivity contribution is -0.132. The Kier molecular flexibility index (Phi) is 3.57. The second-order valence-corrected chi connectivity index (χ2v) is 6.88. The lowest BCUT2D eigenvalue weighted by Gasteiger charge is -2.48. The molecule has 2 atom stereocenters. The van der Waals surface area contributed by atoms with E-state index in [1.54, 1.807) is 36.2 Å². The minimum Gasteiger partial charge on any atom is -0.314 e. The second-order valence-electron chi connectivity index (χ2n) is 6.88. The summed E-state index contributed by atoms with van der Waals surface area (Å²) in [5.74, 6) is -0.635. The molecule has 0 aromatic heterocycles. The van der Waals surface area contributed by atoms with Crippen LogP contribution in [0.4, 0.5) is 5.69 Å². The fourth-order valence-corrected chi connectivity index (χ4v) is 4.36. The first-order chi connectivity index (χ1) is 12.1. The van der Waals surface area contributed by atoms with Crippen molar-refractivity contribution in [2.24, 2.45) is 5.41 Å². The number of hydrogen-bond donors (Lipinski definition) is 0. The van der Waals surface area contributed by atoms with Crippen LogP contribution in [-0.4, -0.2) is 24.5 Å². The van der Waals surface area contributed by atoms with Crippen molar-refractivity contribution in [3.63, 3.8) is 0 Å². The maximum atomic E-state index is 13.5. The molecule has 0 bridgehead atoms. The molecule has 1 amide bonds. The lowest BCUT2D eigenvalue weighted by atomic mass is 9.57. The predicted octanol–water partition coefficient (Wildman–Crippen LogP) is 3.37. The quantitative estimate of drug-likeness (QED) is 0.625. The highest BCUT2D eigenvalue weighted by molar-refractivity contribution is 6.21. The first-order valence-electron chi connectivity index (χ1n) is 8.54. The van der Waals surface area contributed by atoms with Crippen LogP contribution in [0.15, 0.2) is 54.6 Å². The van der Waals surface area contributed by atoms with Gasteiger partial charge in [0.15, 0.2) is 5.78 Å². The molecule has 1 unspecified atom stereocenters. The molecular formula is C21H19NO3. The lowest BCUT2D eigenvalue weighted by Crippen LogP contribution is -2.56. The van der Waals surface area contributed by atoms with Gasteiger partial charge in [0.05, 0.1) is 0 Å². The number of para-hydroxylation sites is 1. The van der Waals surface area contributed by atoms with E-state index < -0.39 is 5.41 Å². The molecule has 1 heterocycles. The third-order valence-corrected chi connectivity index (χ3v) is 5.63. The van der Waals surface area contributed by atoms with Gasteiger partial charge in [-0.3, -0.25) is 14.4 Å². The molecule has 2 aromatic carbocycles. The van der Waals surface area contributed by atoms with Crippen LogP contribution >= 0.6 is 0 Å². The topological polar surface area (TPSA) is 54.5 Å². The fraction of sp³-hybridized carbons (Fsp3) is 0.286. The molecule has 1 fully saturated rings. The van der Waals surface area contributed by atoms with E-state index >= 15 is 0 Å². The zero-order valence-corrected chi connectivity index (χ0v) is 14.1. The van der Waals surface area contributed by atoms with Crippen LogP contribution in [0.3, 0.4) is 0 Å². The highest BCUT2D eigenvalue weighted by atomic mass is 16.2. The van der Waals surface area contributed by atoms with Gasteiger partial charge in [-0.2, -0.15) is 0 Å². The van der Waals surface area contributed by atoms with E-state index in [4.69, 9.17) is 0 Å². The number of Topliss-reactive ketones (excluding diaryl/α,β-unsaturated/α-hetero) is 2. The van der Waals surface area contributed by atoms with E-state index in [2.05, 4.69) is 0 Å². The Balaban J connectivity index is 1.93. The van der Waals surface area contributed by atoms with Gasteiger partial charge in [-0.15, -0.1) is 0 Å². The van der Waals surface area contributed by atoms with E-state index in [0.717, 1.165) is 11.3 Å². The first kappa shape index (κ1) is 15.8. The van der Waals surface area contributed by atoms with Gasteiger partial charge in [-0.05, 0) is 18.1 Å². The average Bonchev–Trinajstić information content (AvgIpc) is 2.66. The summed E-state index contributed by atoms with van der Waals surface area (Å²) in [5, 5.41) is 0. The Morgan fingerprint density at radius 3 is 2.48 bits per heavy atom. The molecule has 126 valence electrons. The molecule has 1 aliphatic carbocycles. The zero-order chi connectivity index (χ0) is 17.6. The Bertz CT molecular complexity index is 874. The molecule has 4 nitrogen and oxygen atoms in total. The summed E-state index contributed by atoms with van der Waals surface area (Å²) >= 11 is 0. The standard InChI is InChI=1S/C21H19NO3/c1-22-18-10-6-5-9-16(18)17-13-15(23)11-12-21(17,20(22)25)19(24)14-7-3-2-4-8-14/h2-10,17H,11-13H2,1H3/t17-,21?/m0/s1. The summed E-state index contributed by atoms with van der Waals surface area (Å²) < 4.78 is 0. The Hall–Kier alpha value is -2.75. The summed E-state index contributed by atoms with van der Waals surface area (Å²) in [5.41, 5.74) is 1.06. The molecule has 1 aliphatic heterocycles. The summed E-state index contributed by atoms with van der Waals surface area (Å²) in [6.45, 7) is 0. The summed E-state index contributed by atoms with van der Waals surface area (Å²) in [6.07, 6.45) is 0.799. The monoisotopic (exact) mass is 333 g/mol. The van der Waals surface area contributed by atoms with Crippen molar-refractivity contribution in [2.45, 2.75) is 25.2 Å². The summed E-state index contributed by atoms with van der Waals surface area (Å²) in [7, 11) is 1.72. The van der Waals surface area contributed by atoms with Crippen molar-refractivity contribution < 1.29 is 14.4 Å². The van der Waals surface area contributed by atoms with Crippen LogP contribution in [-0.2, 0) is 9.59 Å². The summed E-state index contributed by atoms with van der Waals surface area (Å²) in [4.78, 5) is 40.6. The Labute approximate surface area is 146 Å². The van der Waals surface area contributed by atoms with Crippen LogP contribution in [0.5, 0.6) is 0 Å². The number of carbonyl (C=O) groups is 3. The van der Waals surface area contributed by atoms with Crippen molar-refractivity contribution >= 4 is 23.2 Å². The minimum absolute atomic E-state index is 0.119. The normalized spacial score (nSPS) is 25.3. The van der Waals surface area contributed by atoms with Gasteiger partial charge >= 0.3 is 0 Å². The second kappa shape index (κ2) is 5.66. The maximum absolute atomic E-state index is 13.5. The molecule has 2 aliphatic rings. The van der Waals surface area contributed by atoms with Crippen molar-refractivity contribution in [3.05, 3.63) is 65.7 Å². The van der Waals surface area contributed by atoms with Crippen molar-refractivity contribution in [1.82, 2.24) is 0 Å². The van der Waals surface area contributed by atoms with Gasteiger partial charge in [0.2, 0.25) is 5.91 Å². The average molecular weight is 333 g/mol. The Morgan fingerprint density at radius 2 is 1.72 bits per heavy atom. The predicted molar refractivity (Wildman–Crippen MR) is 94.7 cm³/mol. The van der Waals surface area contributed by atoms with Crippen molar-refractivity contribution in [2.75, 3.05) is 11.9 Å². The number of nitrogens with zero attached hydrogens (tertiary/aromatic N) is 1. The van der Waals surface area contributed by atoms with Crippen LogP contribution in [0.25, 0.3) is 0 Å². The van der Waals surface area contributed by atoms with Gasteiger partial charge in [0.1, 0.15) is 11.2 Å². The summed E-state index contributed by atoms with van der Waals surface area (Å²) in [6, 6.07) is 16.5. The van der Waals surface area contributed by atoms with E-state index in [-0.39, 0.29) is 42.7 Å². The SMILES string of the molecule is CN1C(=O)C2(C(=O)c3ccccc3)CCC(=O)C[C@H]2c2ccccc21. The molecule has 0 radical (unpaired) electrons. The highest BCUT2D eigenvalue weighted by Crippen LogP contribution is 2.54. The molecule has 0 saturated heterocycles. The smallest absolute Gasteiger partial charge is 0.241 e. The third-order valence-electron chi connectivity index (χ3n) is 5.63. The third kappa shape index (κ3) is 2.17. The van der Waals surface area contributed by atoms with Gasteiger partial charge < -0.3 is 4.90 Å². The molecule has 4 heteroatoms. The molecule has 4 rings (SSSR count). The first-order valence-corrected chi connectivity index (χ1v) is 8.54. The number of hydrogen-bond acceptors (Lipinski definition) is 3. The van der Waals surface area contributed by atoms with Crippen LogP contribution in [0.2, 0.25) is 0 Å². The zero-order valence-electron chi connectivity index (χ0n) is 14.1. The van der Waals surface area contributed by atoms with Gasteiger partial charge in [0.25, 0.3) is 0 Å². The van der Waals surface area contributed by atoms with E-state index in [9.17, 15) is 14.4 Å². The molecule has 0 N–H and O–H groups in total. The van der Waals surface area contributed by atoms with Gasteiger partial charge in [-0.25, -0.2) is 0 Å². The van der Waals surface area contributed by atoms with Crippen LogP contribution < -0.4 is 4.90 Å². The highest BCUT2D eigenvalue weighted by Gasteiger charge is 2.59. The molecule has 1 saturated carbocycles. The molecule has 25 heavy (non-hydrogen) atoms. The number of carbonyl (C=O) groups excluding carboxylic acids is 3. The number of rotatable bonds is 2. The van der Waals surface area contributed by atoms with Gasteiger partial charge in [-0.1, -0.05) is 48.5 Å². The molecular weight excluding hydrogens is 314 g/mol. The van der Waals surface area contributed by atoms with Gasteiger partial charge in [0, 0.05) is 37.1 Å². The molecule has 2 aromatic rings. The van der Waals surface area contributed by atoms with Crippen molar-refractivity contribution in [3.8, 4) is 0 Å². The number of fused-ring (bicyclic) bond motifs is 3.